The Morgan fingerprint density at radius 1 is 1.10 bits per heavy atom. The van der Waals surface area contributed by atoms with E-state index >= 15 is 0 Å². The Balaban J connectivity index is 0.000000225. The lowest BCUT2D eigenvalue weighted by Crippen LogP contribution is -2.45. The van der Waals surface area contributed by atoms with Gasteiger partial charge in [-0.25, -0.2) is 19.0 Å². The van der Waals surface area contributed by atoms with E-state index in [0.29, 0.717) is 16.7 Å². The van der Waals surface area contributed by atoms with Gasteiger partial charge >= 0.3 is 17.3 Å². The number of nitrogens with zero attached hydrogens (tertiary/aromatic N) is 5. The summed E-state index contributed by atoms with van der Waals surface area (Å²) in [6.07, 6.45) is 5.15. The minimum Gasteiger partial charge on any atom is -0.465 e. The van der Waals surface area contributed by atoms with Crippen molar-refractivity contribution in [2.75, 3.05) is 26.1 Å². The normalized spacial score (nSPS) is 13.2. The molecule has 0 radical (unpaired) electrons. The Bertz CT molecular complexity index is 1510. The molecule has 214 valence electrons. The number of carbonyl (C=O) groups excluding carboxylic acids is 1. The molecule has 0 aliphatic heterocycles. The molecule has 14 heteroatoms. The van der Waals surface area contributed by atoms with Crippen LogP contribution < -0.4 is 21.0 Å². The number of aromatic nitrogens is 3. The van der Waals surface area contributed by atoms with Crippen molar-refractivity contribution < 1.29 is 19.2 Å². The van der Waals surface area contributed by atoms with Crippen LogP contribution in [0.15, 0.2) is 46.0 Å². The zero-order valence-corrected chi connectivity index (χ0v) is 23.9. The van der Waals surface area contributed by atoms with Crippen molar-refractivity contribution in [3.05, 3.63) is 83.1 Å². The van der Waals surface area contributed by atoms with Gasteiger partial charge in [0.2, 0.25) is 5.95 Å². The van der Waals surface area contributed by atoms with Gasteiger partial charge in [0, 0.05) is 44.3 Å². The van der Waals surface area contributed by atoms with Crippen LogP contribution in [0.3, 0.4) is 0 Å². The number of anilines is 1. The molecule has 1 aromatic heterocycles. The second kappa shape index (κ2) is 13.4. The third-order valence-electron chi connectivity index (χ3n) is 6.23. The van der Waals surface area contributed by atoms with Gasteiger partial charge in [0.15, 0.2) is 0 Å². The summed E-state index contributed by atoms with van der Waals surface area (Å²) in [6, 6.07) is 8.37. The molecule has 1 saturated carbocycles. The number of carbonyl (C=O) groups is 1. The van der Waals surface area contributed by atoms with E-state index in [9.17, 15) is 24.5 Å². The van der Waals surface area contributed by atoms with Crippen LogP contribution in [-0.2, 0) is 11.8 Å². The van der Waals surface area contributed by atoms with Crippen molar-refractivity contribution in [3.8, 4) is 11.5 Å². The minimum absolute atomic E-state index is 0.0219. The highest BCUT2D eigenvalue weighted by atomic mass is 35.5. The van der Waals surface area contributed by atoms with Crippen LogP contribution >= 0.6 is 23.2 Å². The van der Waals surface area contributed by atoms with E-state index in [2.05, 4.69) is 9.72 Å². The summed E-state index contributed by atoms with van der Waals surface area (Å²) in [5.41, 5.74) is -1.27. The minimum atomic E-state index is -0.834. The van der Waals surface area contributed by atoms with Crippen LogP contribution in [0.1, 0.15) is 48.5 Å². The number of rotatable bonds is 6. The number of hydrogen-bond donors (Lipinski definition) is 0. The third kappa shape index (κ3) is 7.19. The van der Waals surface area contributed by atoms with Gasteiger partial charge in [-0.15, -0.1) is 0 Å². The lowest BCUT2D eigenvalue weighted by atomic mass is 9.95. The molecule has 1 heterocycles. The number of benzene rings is 2. The highest BCUT2D eigenvalue weighted by Crippen LogP contribution is 2.33. The number of esters is 1. The lowest BCUT2D eigenvalue weighted by molar-refractivity contribution is -0.385. The first-order valence-corrected chi connectivity index (χ1v) is 13.1. The van der Waals surface area contributed by atoms with E-state index in [1.54, 1.807) is 38.2 Å². The monoisotopic (exact) mass is 593 g/mol. The van der Waals surface area contributed by atoms with Gasteiger partial charge in [0.1, 0.15) is 17.1 Å². The number of nitro groups is 1. The number of hydrogen-bond acceptors (Lipinski definition) is 9. The number of ether oxygens (including phenoxy) is 2. The SMILES string of the molecule is CN(C)c1nc(=O)n(C2CCCCC2)c(=O)n1C.COC(=O)c1cc(Oc2ccc(Cl)cc2Cl)ccc1[N+](=O)[O-]. The summed E-state index contributed by atoms with van der Waals surface area (Å²) in [5.74, 6) is 0.0716. The molecular weight excluding hydrogens is 565 g/mol. The molecule has 0 unspecified atom stereocenters. The van der Waals surface area contributed by atoms with Crippen molar-refractivity contribution in [1.82, 2.24) is 14.1 Å². The maximum Gasteiger partial charge on any atom is 0.355 e. The molecule has 3 aromatic rings. The van der Waals surface area contributed by atoms with Crippen molar-refractivity contribution in [2.24, 2.45) is 7.05 Å². The van der Waals surface area contributed by atoms with Crippen molar-refractivity contribution in [3.63, 3.8) is 0 Å². The molecule has 0 spiro atoms. The zero-order chi connectivity index (χ0) is 29.6. The molecule has 0 amide bonds. The fourth-order valence-electron chi connectivity index (χ4n) is 4.29. The summed E-state index contributed by atoms with van der Waals surface area (Å²) in [7, 11) is 6.33. The molecule has 4 rings (SSSR count). The molecule has 0 bridgehead atoms. The van der Waals surface area contributed by atoms with Crippen LogP contribution in [0, 0.1) is 10.1 Å². The van der Waals surface area contributed by atoms with E-state index in [0.717, 1.165) is 38.9 Å². The first kappa shape index (κ1) is 30.6. The quantitative estimate of drug-likeness (QED) is 0.219. The molecule has 0 atom stereocenters. The molecule has 1 aliphatic rings. The van der Waals surface area contributed by atoms with Crippen LogP contribution in [-0.4, -0.2) is 46.2 Å². The second-order valence-electron chi connectivity index (χ2n) is 9.20. The van der Waals surface area contributed by atoms with Crippen molar-refractivity contribution in [1.29, 1.82) is 0 Å². The highest BCUT2D eigenvalue weighted by Gasteiger charge is 2.23. The van der Waals surface area contributed by atoms with Gasteiger partial charge in [0.05, 0.1) is 17.1 Å². The Morgan fingerprint density at radius 2 is 1.77 bits per heavy atom. The average molecular weight is 594 g/mol. The van der Waals surface area contributed by atoms with Gasteiger partial charge in [0.25, 0.3) is 5.69 Å². The number of methoxy groups -OCH3 is 1. The summed E-state index contributed by atoms with van der Waals surface area (Å²) in [5, 5.41) is 11.6. The maximum absolute atomic E-state index is 12.3. The fourth-order valence-corrected chi connectivity index (χ4v) is 4.74. The standard InChI is InChI=1S/C14H9Cl2NO5.C12H20N4O2/c1-21-14(18)10-7-9(3-4-12(10)17(19)20)22-13-5-2-8(15)6-11(13)16;1-14(2)10-13-11(17)16(12(18)15(10)3)9-7-5-4-6-8-9/h2-7H,1H3;9H,4-8H2,1-3H3. The van der Waals surface area contributed by atoms with Crippen LogP contribution in [0.5, 0.6) is 11.5 Å². The summed E-state index contributed by atoms with van der Waals surface area (Å²) in [6.45, 7) is 0. The molecule has 12 nitrogen and oxygen atoms in total. The fraction of sp³-hybridized carbons (Fsp3) is 0.385. The number of halogens is 2. The van der Waals surface area contributed by atoms with E-state index < -0.39 is 16.6 Å². The van der Waals surface area contributed by atoms with E-state index in [4.69, 9.17) is 27.9 Å². The van der Waals surface area contributed by atoms with Crippen LogP contribution in [0.2, 0.25) is 10.0 Å². The smallest absolute Gasteiger partial charge is 0.355 e. The van der Waals surface area contributed by atoms with Crippen LogP contribution in [0.25, 0.3) is 0 Å². The van der Waals surface area contributed by atoms with Gasteiger partial charge in [-0.3, -0.25) is 14.7 Å². The van der Waals surface area contributed by atoms with Gasteiger partial charge in [-0.2, -0.15) is 4.98 Å². The predicted molar refractivity (Wildman–Crippen MR) is 151 cm³/mol. The molecule has 2 aromatic carbocycles. The Kier molecular flexibility index (Phi) is 10.3. The third-order valence-corrected chi connectivity index (χ3v) is 6.76. The van der Waals surface area contributed by atoms with Crippen LogP contribution in [0.4, 0.5) is 11.6 Å². The lowest BCUT2D eigenvalue weighted by Gasteiger charge is -2.24. The van der Waals surface area contributed by atoms with E-state index in [1.807, 2.05) is 0 Å². The summed E-state index contributed by atoms with van der Waals surface area (Å²) >= 11 is 11.8. The Labute approximate surface area is 239 Å². The topological polar surface area (TPSA) is 139 Å². The summed E-state index contributed by atoms with van der Waals surface area (Å²) < 4.78 is 12.8. The van der Waals surface area contributed by atoms with E-state index in [-0.39, 0.29) is 33.8 Å². The zero-order valence-electron chi connectivity index (χ0n) is 22.4. The number of nitro benzene ring substituents is 1. The van der Waals surface area contributed by atoms with Crippen molar-refractivity contribution in [2.45, 2.75) is 38.1 Å². The van der Waals surface area contributed by atoms with Crippen molar-refractivity contribution >= 4 is 40.8 Å². The molecule has 1 fully saturated rings. The maximum atomic E-state index is 12.3. The molecule has 0 N–H and O–H groups in total. The first-order chi connectivity index (χ1) is 18.9. The van der Waals surface area contributed by atoms with E-state index in [1.165, 1.54) is 33.8 Å². The van der Waals surface area contributed by atoms with Gasteiger partial charge in [-0.05, 0) is 37.1 Å². The predicted octanol–water partition coefficient (Wildman–Crippen LogP) is 4.99. The molecule has 1 aliphatic carbocycles. The molecular formula is C26H29Cl2N5O7. The van der Waals surface area contributed by atoms with Gasteiger partial charge < -0.3 is 14.4 Å². The second-order valence-corrected chi connectivity index (χ2v) is 10.0. The first-order valence-electron chi connectivity index (χ1n) is 12.3. The highest BCUT2D eigenvalue weighted by molar-refractivity contribution is 6.35. The Hall–Kier alpha value is -3.90. The molecule has 0 saturated heterocycles. The average Bonchev–Trinajstić information content (AvgIpc) is 2.92. The Morgan fingerprint density at radius 3 is 2.35 bits per heavy atom. The van der Waals surface area contributed by atoms with Gasteiger partial charge in [-0.1, -0.05) is 42.5 Å². The molecule has 40 heavy (non-hydrogen) atoms. The summed E-state index contributed by atoms with van der Waals surface area (Å²) in [4.78, 5) is 51.9. The largest absolute Gasteiger partial charge is 0.465 e.